The lowest BCUT2D eigenvalue weighted by molar-refractivity contribution is -0.132. The molecule has 10 heteroatoms. The molecule has 1 aliphatic rings. The number of carbonyl (C=O) groups is 3. The molecule has 0 saturated carbocycles. The Morgan fingerprint density at radius 3 is 2.34 bits per heavy atom. The number of nitrogens with zero attached hydrogens (tertiary/aromatic N) is 1. The molecule has 38 heavy (non-hydrogen) atoms. The lowest BCUT2D eigenvalue weighted by atomic mass is 9.99. The first-order valence-electron chi connectivity index (χ1n) is 11.7. The number of ether oxygens (including phenoxy) is 3. The van der Waals surface area contributed by atoms with Crippen molar-refractivity contribution in [3.63, 3.8) is 0 Å². The molecule has 1 atom stereocenters. The lowest BCUT2D eigenvalue weighted by Gasteiger charge is -2.24. The second kappa shape index (κ2) is 11.3. The Kier molecular flexibility index (Phi) is 8.08. The molecule has 8 nitrogen and oxygen atoms in total. The van der Waals surface area contributed by atoms with E-state index in [9.17, 15) is 19.5 Å². The number of methoxy groups -OCH3 is 2. The summed E-state index contributed by atoms with van der Waals surface area (Å²) in [5.41, 5.74) is 0.736. The predicted molar refractivity (Wildman–Crippen MR) is 145 cm³/mol. The van der Waals surface area contributed by atoms with Gasteiger partial charge in [0.05, 0.1) is 42.5 Å². The van der Waals surface area contributed by atoms with Crippen LogP contribution in [-0.2, 0) is 14.3 Å². The Morgan fingerprint density at radius 2 is 1.76 bits per heavy atom. The molecule has 4 rings (SSSR count). The lowest BCUT2D eigenvalue weighted by Crippen LogP contribution is -2.29. The minimum Gasteiger partial charge on any atom is -0.507 e. The number of esters is 1. The molecule has 198 valence electrons. The van der Waals surface area contributed by atoms with E-state index in [2.05, 4.69) is 0 Å². The van der Waals surface area contributed by atoms with Gasteiger partial charge in [-0.25, -0.2) is 4.79 Å². The Morgan fingerprint density at radius 1 is 1.08 bits per heavy atom. The molecule has 1 aromatic heterocycles. The molecule has 1 unspecified atom stereocenters. The summed E-state index contributed by atoms with van der Waals surface area (Å²) < 4.78 is 15.9. The van der Waals surface area contributed by atoms with Gasteiger partial charge in [-0.3, -0.25) is 14.5 Å². The third-order valence-electron chi connectivity index (χ3n) is 5.92. The fourth-order valence-electron chi connectivity index (χ4n) is 4.09. The molecular formula is C28H26ClNO7S. The van der Waals surface area contributed by atoms with E-state index in [-0.39, 0.29) is 40.2 Å². The first-order chi connectivity index (χ1) is 18.2. The standard InChI is InChI=1S/C28H26ClNO7S/c1-15(2)14-37-28(34)16-7-9-17(10-8-16)30-24(22-6-5-11-38-22)23(26(32)27(30)33)25(31)18-12-21(36-4)19(29)13-20(18)35-3/h5-13,15,24,31H,14H2,1-4H3/b25-23+. The van der Waals surface area contributed by atoms with Crippen LogP contribution in [-0.4, -0.2) is 43.6 Å². The normalized spacial score (nSPS) is 16.7. The van der Waals surface area contributed by atoms with E-state index in [0.717, 1.165) is 0 Å². The number of carbonyl (C=O) groups excluding carboxylic acids is 3. The van der Waals surface area contributed by atoms with Gasteiger partial charge in [0.1, 0.15) is 23.3 Å². The minimum atomic E-state index is -0.917. The summed E-state index contributed by atoms with van der Waals surface area (Å²) in [7, 11) is 2.82. The fraction of sp³-hybridized carbons (Fsp3) is 0.250. The number of aliphatic hydroxyl groups excluding tert-OH is 1. The highest BCUT2D eigenvalue weighted by Gasteiger charge is 2.47. The summed E-state index contributed by atoms with van der Waals surface area (Å²) in [4.78, 5) is 41.1. The van der Waals surface area contributed by atoms with Crippen molar-refractivity contribution in [3.05, 3.63) is 80.5 Å². The van der Waals surface area contributed by atoms with Gasteiger partial charge in [-0.2, -0.15) is 0 Å². The largest absolute Gasteiger partial charge is 0.507 e. The van der Waals surface area contributed by atoms with Gasteiger partial charge in [-0.1, -0.05) is 31.5 Å². The quantitative estimate of drug-likeness (QED) is 0.161. The first kappa shape index (κ1) is 27.2. The Bertz CT molecular complexity index is 1400. The maximum absolute atomic E-state index is 13.4. The zero-order valence-electron chi connectivity index (χ0n) is 21.2. The average molecular weight is 556 g/mol. The van der Waals surface area contributed by atoms with E-state index in [1.165, 1.54) is 54.7 Å². The Hall–Kier alpha value is -3.82. The van der Waals surface area contributed by atoms with E-state index < -0.39 is 29.5 Å². The summed E-state index contributed by atoms with van der Waals surface area (Å²) in [6.07, 6.45) is 0. The van der Waals surface area contributed by atoms with E-state index in [1.54, 1.807) is 24.3 Å². The van der Waals surface area contributed by atoms with Crippen molar-refractivity contribution in [2.75, 3.05) is 25.7 Å². The van der Waals surface area contributed by atoms with Crippen LogP contribution in [0.25, 0.3) is 5.76 Å². The van der Waals surface area contributed by atoms with Gasteiger partial charge in [0, 0.05) is 16.6 Å². The number of thiophene rings is 1. The van der Waals surface area contributed by atoms with Crippen LogP contribution in [0.3, 0.4) is 0 Å². The number of aliphatic hydroxyl groups is 1. The van der Waals surface area contributed by atoms with Gasteiger partial charge in [-0.15, -0.1) is 11.3 Å². The van der Waals surface area contributed by atoms with Gasteiger partial charge >= 0.3 is 5.97 Å². The molecule has 1 fully saturated rings. The molecule has 1 amide bonds. The van der Waals surface area contributed by atoms with Crippen LogP contribution in [0.4, 0.5) is 5.69 Å². The van der Waals surface area contributed by atoms with Gasteiger partial charge in [0.15, 0.2) is 0 Å². The third-order valence-corrected chi connectivity index (χ3v) is 7.14. The van der Waals surface area contributed by atoms with Crippen molar-refractivity contribution in [2.24, 2.45) is 5.92 Å². The van der Waals surface area contributed by atoms with Crippen LogP contribution in [0.1, 0.15) is 40.7 Å². The molecule has 2 aromatic carbocycles. The highest BCUT2D eigenvalue weighted by molar-refractivity contribution is 7.10. The SMILES string of the molecule is COc1cc(/C(O)=C2\C(=O)C(=O)N(c3ccc(C(=O)OCC(C)C)cc3)C2c2cccs2)c(OC)cc1Cl. The highest BCUT2D eigenvalue weighted by atomic mass is 35.5. The van der Waals surface area contributed by atoms with Crippen LogP contribution in [0, 0.1) is 5.92 Å². The summed E-state index contributed by atoms with van der Waals surface area (Å²) in [6.45, 7) is 4.16. The monoisotopic (exact) mass is 555 g/mol. The summed E-state index contributed by atoms with van der Waals surface area (Å²) >= 11 is 7.55. The predicted octanol–water partition coefficient (Wildman–Crippen LogP) is 5.86. The van der Waals surface area contributed by atoms with Crippen LogP contribution in [0.15, 0.2) is 59.5 Å². The molecule has 0 bridgehead atoms. The molecule has 0 radical (unpaired) electrons. The van der Waals surface area contributed by atoms with Crippen molar-refractivity contribution in [1.82, 2.24) is 0 Å². The summed E-state index contributed by atoms with van der Waals surface area (Å²) in [5, 5.41) is 13.5. The van der Waals surface area contributed by atoms with Crippen molar-refractivity contribution in [1.29, 1.82) is 0 Å². The smallest absolute Gasteiger partial charge is 0.338 e. The van der Waals surface area contributed by atoms with E-state index in [4.69, 9.17) is 25.8 Å². The van der Waals surface area contributed by atoms with E-state index >= 15 is 0 Å². The zero-order chi connectivity index (χ0) is 27.6. The second-order valence-corrected chi connectivity index (χ2v) is 10.3. The minimum absolute atomic E-state index is 0.111. The number of amides is 1. The maximum Gasteiger partial charge on any atom is 0.338 e. The maximum atomic E-state index is 13.4. The van der Waals surface area contributed by atoms with Crippen LogP contribution in [0.5, 0.6) is 11.5 Å². The Balaban J connectivity index is 1.82. The van der Waals surface area contributed by atoms with Gasteiger partial charge in [0.25, 0.3) is 11.7 Å². The van der Waals surface area contributed by atoms with Crippen LogP contribution >= 0.6 is 22.9 Å². The summed E-state index contributed by atoms with van der Waals surface area (Å²) in [6, 6.07) is 11.8. The first-order valence-corrected chi connectivity index (χ1v) is 13.0. The molecule has 1 N–H and O–H groups in total. The number of hydrogen-bond donors (Lipinski definition) is 1. The van der Waals surface area contributed by atoms with E-state index in [1.807, 2.05) is 19.2 Å². The van der Waals surface area contributed by atoms with Crippen LogP contribution in [0.2, 0.25) is 5.02 Å². The summed E-state index contributed by atoms with van der Waals surface area (Å²) in [5.74, 6) is -1.94. The number of anilines is 1. The number of ketones is 1. The second-order valence-electron chi connectivity index (χ2n) is 8.91. The fourth-order valence-corrected chi connectivity index (χ4v) is 5.14. The van der Waals surface area contributed by atoms with Crippen molar-refractivity contribution in [2.45, 2.75) is 19.9 Å². The molecule has 0 aliphatic carbocycles. The number of Topliss-reactive ketones (excluding diaryl/α,β-unsaturated/α-hetero) is 1. The van der Waals surface area contributed by atoms with Crippen molar-refractivity contribution < 1.29 is 33.7 Å². The van der Waals surface area contributed by atoms with Crippen molar-refractivity contribution >= 4 is 52.0 Å². The van der Waals surface area contributed by atoms with Gasteiger partial charge in [0.2, 0.25) is 0 Å². The molecule has 0 spiro atoms. The van der Waals surface area contributed by atoms with E-state index in [0.29, 0.717) is 16.1 Å². The Labute approximate surface area is 229 Å². The number of halogens is 1. The van der Waals surface area contributed by atoms with Gasteiger partial charge in [-0.05, 0) is 47.7 Å². The molecule has 1 aliphatic heterocycles. The number of hydrogen-bond acceptors (Lipinski definition) is 8. The molecule has 2 heterocycles. The third kappa shape index (κ3) is 5.12. The van der Waals surface area contributed by atoms with Crippen molar-refractivity contribution in [3.8, 4) is 11.5 Å². The number of benzene rings is 2. The number of rotatable bonds is 8. The topological polar surface area (TPSA) is 102 Å². The average Bonchev–Trinajstić information content (AvgIpc) is 3.53. The zero-order valence-corrected chi connectivity index (χ0v) is 22.8. The molecule has 3 aromatic rings. The molecular weight excluding hydrogens is 530 g/mol. The van der Waals surface area contributed by atoms with Crippen LogP contribution < -0.4 is 14.4 Å². The highest BCUT2D eigenvalue weighted by Crippen LogP contribution is 2.45. The molecule has 1 saturated heterocycles. The van der Waals surface area contributed by atoms with Gasteiger partial charge < -0.3 is 19.3 Å².